The van der Waals surface area contributed by atoms with Gasteiger partial charge in [-0.3, -0.25) is 9.59 Å². The van der Waals surface area contributed by atoms with Gasteiger partial charge in [0.25, 0.3) is 5.72 Å². The van der Waals surface area contributed by atoms with Crippen LogP contribution in [0.2, 0.25) is 0 Å². The Morgan fingerprint density at radius 3 is 1.55 bits per heavy atom. The topological polar surface area (TPSA) is 66.4 Å². The maximum atomic E-state index is 13.3. The molecule has 0 radical (unpaired) electrons. The standard InChI is InChI=1S/C29H25NO3/c1-21-12-14-22(15-13-21)20-23-16-18-26(19-17-23)30-29(33,27(31)24-8-4-2-5-9-24)28(32)25-10-6-3-7-11-25/h2-19,30,33H,20H2,1H3. The highest BCUT2D eigenvalue weighted by molar-refractivity contribution is 6.23. The van der Waals surface area contributed by atoms with Crippen LogP contribution in [0.3, 0.4) is 0 Å². The summed E-state index contributed by atoms with van der Waals surface area (Å²) in [4.78, 5) is 26.6. The Morgan fingerprint density at radius 2 is 1.09 bits per heavy atom. The molecule has 0 heterocycles. The van der Waals surface area contributed by atoms with Crippen LogP contribution in [0, 0.1) is 6.92 Å². The maximum absolute atomic E-state index is 13.3. The van der Waals surface area contributed by atoms with E-state index in [1.54, 1.807) is 72.8 Å². The van der Waals surface area contributed by atoms with Crippen LogP contribution in [0.1, 0.15) is 37.4 Å². The lowest BCUT2D eigenvalue weighted by atomic mass is 9.92. The zero-order valence-corrected chi connectivity index (χ0v) is 18.4. The second-order valence-corrected chi connectivity index (χ2v) is 8.09. The Kier molecular flexibility index (Phi) is 6.48. The third-order valence-corrected chi connectivity index (χ3v) is 5.54. The lowest BCUT2D eigenvalue weighted by Crippen LogP contribution is -2.53. The van der Waals surface area contributed by atoms with Crippen molar-refractivity contribution in [2.24, 2.45) is 0 Å². The van der Waals surface area contributed by atoms with Crippen LogP contribution in [0.25, 0.3) is 0 Å². The molecule has 0 aliphatic rings. The Morgan fingerprint density at radius 1 is 0.667 bits per heavy atom. The van der Waals surface area contributed by atoms with E-state index in [4.69, 9.17) is 0 Å². The highest BCUT2D eigenvalue weighted by Crippen LogP contribution is 2.24. The quantitative estimate of drug-likeness (QED) is 0.219. The van der Waals surface area contributed by atoms with E-state index in [1.807, 2.05) is 12.1 Å². The van der Waals surface area contributed by atoms with Crippen LogP contribution in [0.5, 0.6) is 0 Å². The normalized spacial score (nSPS) is 11.1. The van der Waals surface area contributed by atoms with E-state index in [0.717, 1.165) is 12.0 Å². The zero-order valence-electron chi connectivity index (χ0n) is 18.4. The largest absolute Gasteiger partial charge is 0.358 e. The number of nitrogens with one attached hydrogen (secondary N) is 1. The number of anilines is 1. The van der Waals surface area contributed by atoms with E-state index >= 15 is 0 Å². The molecule has 0 unspecified atom stereocenters. The number of hydrogen-bond donors (Lipinski definition) is 2. The molecule has 4 aromatic rings. The number of Topliss-reactive ketones (excluding diaryl/α,β-unsaturated/α-hetero) is 2. The number of rotatable bonds is 8. The van der Waals surface area contributed by atoms with Crippen LogP contribution in [0.15, 0.2) is 109 Å². The molecule has 0 aromatic heterocycles. The van der Waals surface area contributed by atoms with Crippen LogP contribution < -0.4 is 5.32 Å². The first-order valence-electron chi connectivity index (χ1n) is 10.8. The summed E-state index contributed by atoms with van der Waals surface area (Å²) in [6, 6.07) is 32.4. The lowest BCUT2D eigenvalue weighted by molar-refractivity contribution is 0.0388. The van der Waals surface area contributed by atoms with Crippen LogP contribution in [0.4, 0.5) is 5.69 Å². The molecule has 0 aliphatic heterocycles. The van der Waals surface area contributed by atoms with E-state index in [2.05, 4.69) is 36.5 Å². The van der Waals surface area contributed by atoms with Crippen molar-refractivity contribution in [3.63, 3.8) is 0 Å². The van der Waals surface area contributed by atoms with Gasteiger partial charge in [-0.1, -0.05) is 103 Å². The van der Waals surface area contributed by atoms with Gasteiger partial charge in [-0.05, 0) is 36.6 Å². The van der Waals surface area contributed by atoms with Crippen molar-refractivity contribution in [1.82, 2.24) is 0 Å². The smallest absolute Gasteiger partial charge is 0.266 e. The first-order valence-corrected chi connectivity index (χ1v) is 10.8. The van der Waals surface area contributed by atoms with Gasteiger partial charge in [-0.25, -0.2) is 0 Å². The van der Waals surface area contributed by atoms with E-state index < -0.39 is 17.3 Å². The highest BCUT2D eigenvalue weighted by atomic mass is 16.3. The van der Waals surface area contributed by atoms with Gasteiger partial charge in [0.15, 0.2) is 0 Å². The minimum Gasteiger partial charge on any atom is -0.358 e. The van der Waals surface area contributed by atoms with Crippen LogP contribution >= 0.6 is 0 Å². The second kappa shape index (κ2) is 9.63. The molecule has 0 saturated heterocycles. The molecule has 0 amide bonds. The van der Waals surface area contributed by atoms with Crippen molar-refractivity contribution in [3.8, 4) is 0 Å². The molecule has 0 bridgehead atoms. The fourth-order valence-corrected chi connectivity index (χ4v) is 3.67. The van der Waals surface area contributed by atoms with E-state index in [0.29, 0.717) is 5.69 Å². The molecular weight excluding hydrogens is 410 g/mol. The van der Waals surface area contributed by atoms with Gasteiger partial charge in [-0.2, -0.15) is 0 Å². The second-order valence-electron chi connectivity index (χ2n) is 8.09. The van der Waals surface area contributed by atoms with Crippen molar-refractivity contribution in [2.75, 3.05) is 5.32 Å². The van der Waals surface area contributed by atoms with Gasteiger partial charge in [0.05, 0.1) is 0 Å². The molecule has 0 fully saturated rings. The minimum atomic E-state index is -2.44. The molecule has 164 valence electrons. The fourth-order valence-electron chi connectivity index (χ4n) is 3.67. The van der Waals surface area contributed by atoms with E-state index in [-0.39, 0.29) is 11.1 Å². The van der Waals surface area contributed by atoms with Gasteiger partial charge in [0.2, 0.25) is 11.6 Å². The molecule has 33 heavy (non-hydrogen) atoms. The number of aliphatic hydroxyl groups is 1. The maximum Gasteiger partial charge on any atom is 0.266 e. The average molecular weight is 436 g/mol. The number of carbonyl (C=O) groups excluding carboxylic acids is 2. The number of aryl methyl sites for hydroxylation is 1. The Bertz CT molecular complexity index is 1180. The van der Waals surface area contributed by atoms with Gasteiger partial charge < -0.3 is 10.4 Å². The number of hydrogen-bond acceptors (Lipinski definition) is 4. The van der Waals surface area contributed by atoms with Crippen molar-refractivity contribution < 1.29 is 14.7 Å². The molecule has 2 N–H and O–H groups in total. The predicted octanol–water partition coefficient (Wildman–Crippen LogP) is 5.45. The lowest BCUT2D eigenvalue weighted by Gasteiger charge is -2.27. The number of benzene rings is 4. The Hall–Kier alpha value is -4.02. The van der Waals surface area contributed by atoms with Crippen LogP contribution in [-0.2, 0) is 6.42 Å². The molecule has 4 rings (SSSR count). The van der Waals surface area contributed by atoms with Crippen molar-refractivity contribution in [1.29, 1.82) is 0 Å². The molecule has 0 saturated carbocycles. The third-order valence-electron chi connectivity index (χ3n) is 5.54. The molecule has 0 atom stereocenters. The molecule has 0 spiro atoms. The summed E-state index contributed by atoms with van der Waals surface area (Å²) < 4.78 is 0. The summed E-state index contributed by atoms with van der Waals surface area (Å²) in [5.74, 6) is -1.42. The summed E-state index contributed by atoms with van der Waals surface area (Å²) >= 11 is 0. The van der Waals surface area contributed by atoms with Gasteiger partial charge in [0, 0.05) is 16.8 Å². The Balaban J connectivity index is 1.61. The SMILES string of the molecule is Cc1ccc(Cc2ccc(NC(O)(C(=O)c3ccccc3)C(=O)c3ccccc3)cc2)cc1. The Labute approximate surface area is 193 Å². The number of carbonyl (C=O) groups is 2. The summed E-state index contributed by atoms with van der Waals surface area (Å²) in [5.41, 5.74) is 2.00. The monoisotopic (exact) mass is 435 g/mol. The predicted molar refractivity (Wildman–Crippen MR) is 131 cm³/mol. The summed E-state index contributed by atoms with van der Waals surface area (Å²) in [7, 11) is 0. The molecule has 4 heteroatoms. The van der Waals surface area contributed by atoms with E-state index in [9.17, 15) is 14.7 Å². The van der Waals surface area contributed by atoms with Gasteiger partial charge in [-0.15, -0.1) is 0 Å². The van der Waals surface area contributed by atoms with E-state index in [1.165, 1.54) is 11.1 Å². The summed E-state index contributed by atoms with van der Waals surface area (Å²) in [6.07, 6.45) is 0.761. The molecular formula is C29H25NO3. The van der Waals surface area contributed by atoms with Crippen LogP contribution in [-0.4, -0.2) is 22.4 Å². The first kappa shape index (κ1) is 22.2. The zero-order chi connectivity index (χ0) is 23.3. The van der Waals surface area contributed by atoms with Crippen molar-refractivity contribution in [2.45, 2.75) is 19.1 Å². The minimum absolute atomic E-state index is 0.243. The fraction of sp³-hybridized carbons (Fsp3) is 0.103. The molecule has 0 aliphatic carbocycles. The number of ketones is 2. The first-order chi connectivity index (χ1) is 16.0. The van der Waals surface area contributed by atoms with Crippen molar-refractivity contribution in [3.05, 3.63) is 137 Å². The summed E-state index contributed by atoms with van der Waals surface area (Å²) in [5, 5.41) is 14.2. The van der Waals surface area contributed by atoms with Gasteiger partial charge >= 0.3 is 0 Å². The highest BCUT2D eigenvalue weighted by Gasteiger charge is 2.44. The summed E-state index contributed by atoms with van der Waals surface area (Å²) in [6.45, 7) is 2.05. The molecule has 4 nitrogen and oxygen atoms in total. The molecule has 4 aromatic carbocycles. The van der Waals surface area contributed by atoms with Gasteiger partial charge in [0.1, 0.15) is 0 Å². The average Bonchev–Trinajstić information content (AvgIpc) is 2.86. The van der Waals surface area contributed by atoms with Crippen molar-refractivity contribution >= 4 is 17.3 Å². The third kappa shape index (κ3) is 5.08.